The lowest BCUT2D eigenvalue weighted by Crippen LogP contribution is -2.35. The molecule has 0 aromatic carbocycles. The highest BCUT2D eigenvalue weighted by Crippen LogP contribution is 2.29. The summed E-state index contributed by atoms with van der Waals surface area (Å²) in [6.07, 6.45) is 4.00. The van der Waals surface area contributed by atoms with Crippen LogP contribution in [0.1, 0.15) is 36.1 Å². The topological polar surface area (TPSA) is 69.0 Å². The second kappa shape index (κ2) is 7.84. The molecule has 0 bridgehead atoms. The Morgan fingerprint density at radius 2 is 2.00 bits per heavy atom. The fourth-order valence-corrected chi connectivity index (χ4v) is 3.58. The number of pyridine rings is 2. The van der Waals surface area contributed by atoms with E-state index in [0.717, 1.165) is 49.1 Å². The van der Waals surface area contributed by atoms with E-state index in [9.17, 15) is 0 Å². The standard InChI is InChI=1S/C20H24N6O/c1-15-7-5-10-19(22-15)26-20(23-17(24-26)14-27-2)16-8-6-12-25(13-16)18-9-3-4-11-21-18/h3-5,7,9-11,16H,6,8,12-14H2,1-2H3/t16-/m1/s1. The summed E-state index contributed by atoms with van der Waals surface area (Å²) in [6, 6.07) is 12.0. The van der Waals surface area contributed by atoms with Crippen molar-refractivity contribution in [3.63, 3.8) is 0 Å². The van der Waals surface area contributed by atoms with E-state index < -0.39 is 0 Å². The van der Waals surface area contributed by atoms with Gasteiger partial charge in [-0.05, 0) is 44.0 Å². The van der Waals surface area contributed by atoms with E-state index in [0.29, 0.717) is 12.4 Å². The normalized spacial score (nSPS) is 17.3. The molecule has 7 nitrogen and oxygen atoms in total. The van der Waals surface area contributed by atoms with Crippen LogP contribution in [0.4, 0.5) is 5.82 Å². The monoisotopic (exact) mass is 364 g/mol. The summed E-state index contributed by atoms with van der Waals surface area (Å²) in [5, 5.41) is 4.67. The highest BCUT2D eigenvalue weighted by molar-refractivity contribution is 5.39. The molecule has 1 fully saturated rings. The molecule has 0 saturated carbocycles. The fourth-order valence-electron chi connectivity index (χ4n) is 3.58. The van der Waals surface area contributed by atoms with Crippen molar-refractivity contribution in [2.75, 3.05) is 25.1 Å². The Hall–Kier alpha value is -2.80. The minimum atomic E-state index is 0.265. The Balaban J connectivity index is 1.67. The third-order valence-electron chi connectivity index (χ3n) is 4.80. The number of ether oxygens (including phenoxy) is 1. The molecule has 1 aliphatic rings. The molecule has 27 heavy (non-hydrogen) atoms. The Morgan fingerprint density at radius 3 is 2.78 bits per heavy atom. The summed E-state index contributed by atoms with van der Waals surface area (Å²) in [6.45, 7) is 4.26. The minimum absolute atomic E-state index is 0.265. The summed E-state index contributed by atoms with van der Waals surface area (Å²) in [4.78, 5) is 16.3. The predicted octanol–water partition coefficient (Wildman–Crippen LogP) is 2.90. The Kier molecular flexibility index (Phi) is 5.11. The molecule has 4 heterocycles. The van der Waals surface area contributed by atoms with Crippen molar-refractivity contribution in [2.24, 2.45) is 0 Å². The lowest BCUT2D eigenvalue weighted by Gasteiger charge is -2.33. The van der Waals surface area contributed by atoms with Crippen LogP contribution in [0, 0.1) is 6.92 Å². The van der Waals surface area contributed by atoms with Crippen LogP contribution >= 0.6 is 0 Å². The lowest BCUT2D eigenvalue weighted by molar-refractivity contribution is 0.177. The van der Waals surface area contributed by atoms with Gasteiger partial charge in [0, 0.05) is 38.0 Å². The van der Waals surface area contributed by atoms with Crippen LogP contribution in [0.5, 0.6) is 0 Å². The summed E-state index contributed by atoms with van der Waals surface area (Å²) >= 11 is 0. The number of hydrogen-bond donors (Lipinski definition) is 0. The second-order valence-corrected chi connectivity index (χ2v) is 6.84. The predicted molar refractivity (Wildman–Crippen MR) is 103 cm³/mol. The molecular formula is C20H24N6O. The van der Waals surface area contributed by atoms with Crippen LogP contribution in [0.15, 0.2) is 42.6 Å². The van der Waals surface area contributed by atoms with Gasteiger partial charge in [-0.2, -0.15) is 4.68 Å². The zero-order chi connectivity index (χ0) is 18.6. The number of aromatic nitrogens is 5. The van der Waals surface area contributed by atoms with E-state index in [4.69, 9.17) is 9.72 Å². The maximum atomic E-state index is 5.25. The van der Waals surface area contributed by atoms with Gasteiger partial charge in [0.15, 0.2) is 11.6 Å². The molecule has 140 valence electrons. The van der Waals surface area contributed by atoms with Crippen molar-refractivity contribution in [1.29, 1.82) is 0 Å². The number of aryl methyl sites for hydroxylation is 1. The summed E-state index contributed by atoms with van der Waals surface area (Å²) < 4.78 is 7.14. The molecule has 7 heteroatoms. The quantitative estimate of drug-likeness (QED) is 0.693. The third kappa shape index (κ3) is 3.83. The molecule has 0 unspecified atom stereocenters. The SMILES string of the molecule is COCc1nc([C@@H]2CCCN(c3ccccn3)C2)n(-c2cccc(C)n2)n1. The lowest BCUT2D eigenvalue weighted by atomic mass is 9.97. The third-order valence-corrected chi connectivity index (χ3v) is 4.80. The zero-order valence-electron chi connectivity index (χ0n) is 15.7. The summed E-state index contributed by atoms with van der Waals surface area (Å²) in [7, 11) is 1.66. The number of nitrogens with zero attached hydrogens (tertiary/aromatic N) is 6. The Morgan fingerprint density at radius 1 is 1.11 bits per heavy atom. The minimum Gasteiger partial charge on any atom is -0.377 e. The van der Waals surface area contributed by atoms with Gasteiger partial charge >= 0.3 is 0 Å². The van der Waals surface area contributed by atoms with E-state index >= 15 is 0 Å². The molecule has 0 spiro atoms. The van der Waals surface area contributed by atoms with E-state index in [-0.39, 0.29) is 5.92 Å². The Labute approximate surface area is 159 Å². The molecule has 4 rings (SSSR count). The number of methoxy groups -OCH3 is 1. The average molecular weight is 364 g/mol. The van der Waals surface area contributed by atoms with Crippen molar-refractivity contribution in [3.8, 4) is 5.82 Å². The van der Waals surface area contributed by atoms with Crippen LogP contribution in [-0.4, -0.2) is 44.9 Å². The van der Waals surface area contributed by atoms with Gasteiger partial charge in [0.05, 0.1) is 0 Å². The van der Waals surface area contributed by atoms with Crippen molar-refractivity contribution in [1.82, 2.24) is 24.7 Å². The first kappa shape index (κ1) is 17.6. The molecule has 1 aliphatic heterocycles. The van der Waals surface area contributed by atoms with Crippen LogP contribution in [-0.2, 0) is 11.3 Å². The summed E-state index contributed by atoms with van der Waals surface area (Å²) in [5.74, 6) is 3.71. The van der Waals surface area contributed by atoms with Crippen molar-refractivity contribution in [3.05, 3.63) is 59.9 Å². The first-order valence-corrected chi connectivity index (χ1v) is 9.29. The number of anilines is 1. The highest BCUT2D eigenvalue weighted by Gasteiger charge is 2.28. The molecule has 3 aromatic rings. The maximum Gasteiger partial charge on any atom is 0.177 e. The van der Waals surface area contributed by atoms with Gasteiger partial charge in [0.2, 0.25) is 0 Å². The van der Waals surface area contributed by atoms with E-state index in [2.05, 4.69) is 26.0 Å². The van der Waals surface area contributed by atoms with Gasteiger partial charge < -0.3 is 9.64 Å². The van der Waals surface area contributed by atoms with Gasteiger partial charge in [0.25, 0.3) is 0 Å². The van der Waals surface area contributed by atoms with Gasteiger partial charge in [-0.3, -0.25) is 0 Å². The van der Waals surface area contributed by atoms with Crippen LogP contribution in [0.25, 0.3) is 5.82 Å². The van der Waals surface area contributed by atoms with Crippen molar-refractivity contribution < 1.29 is 4.74 Å². The van der Waals surface area contributed by atoms with Crippen molar-refractivity contribution >= 4 is 5.82 Å². The fraction of sp³-hybridized carbons (Fsp3) is 0.400. The second-order valence-electron chi connectivity index (χ2n) is 6.84. The van der Waals surface area contributed by atoms with Crippen molar-refractivity contribution in [2.45, 2.75) is 32.3 Å². The highest BCUT2D eigenvalue weighted by atomic mass is 16.5. The number of piperidine rings is 1. The first-order chi connectivity index (χ1) is 13.2. The molecular weight excluding hydrogens is 340 g/mol. The molecule has 1 atom stereocenters. The van der Waals surface area contributed by atoms with Crippen LogP contribution < -0.4 is 4.90 Å². The van der Waals surface area contributed by atoms with E-state index in [1.165, 1.54) is 0 Å². The van der Waals surface area contributed by atoms with E-state index in [1.807, 2.05) is 48.1 Å². The summed E-state index contributed by atoms with van der Waals surface area (Å²) in [5.41, 5.74) is 0.959. The number of rotatable bonds is 5. The van der Waals surface area contributed by atoms with Gasteiger partial charge in [0.1, 0.15) is 18.2 Å². The van der Waals surface area contributed by atoms with Gasteiger partial charge in [-0.25, -0.2) is 15.0 Å². The smallest absolute Gasteiger partial charge is 0.177 e. The maximum absolute atomic E-state index is 5.25. The molecule has 3 aromatic heterocycles. The Bertz CT molecular complexity index is 894. The average Bonchev–Trinajstić information content (AvgIpc) is 3.13. The molecule has 0 amide bonds. The zero-order valence-corrected chi connectivity index (χ0v) is 15.7. The van der Waals surface area contributed by atoms with Gasteiger partial charge in [-0.15, -0.1) is 5.10 Å². The van der Waals surface area contributed by atoms with Crippen LogP contribution in [0.3, 0.4) is 0 Å². The number of hydrogen-bond acceptors (Lipinski definition) is 6. The van der Waals surface area contributed by atoms with Gasteiger partial charge in [-0.1, -0.05) is 12.1 Å². The van der Waals surface area contributed by atoms with E-state index in [1.54, 1.807) is 7.11 Å². The molecule has 0 radical (unpaired) electrons. The molecule has 0 aliphatic carbocycles. The largest absolute Gasteiger partial charge is 0.377 e. The molecule has 0 N–H and O–H groups in total. The molecule has 1 saturated heterocycles. The van der Waals surface area contributed by atoms with Crippen LogP contribution in [0.2, 0.25) is 0 Å². The first-order valence-electron chi connectivity index (χ1n) is 9.29.